The first-order valence-corrected chi connectivity index (χ1v) is 11.4. The number of carbonyl (C=O) groups excluding carboxylic acids is 1. The van der Waals surface area contributed by atoms with Gasteiger partial charge in [-0.05, 0) is 61.7 Å². The van der Waals surface area contributed by atoms with Crippen LogP contribution in [-0.2, 0) is 11.3 Å². The van der Waals surface area contributed by atoms with Gasteiger partial charge >= 0.3 is 5.97 Å². The molecule has 0 fully saturated rings. The predicted molar refractivity (Wildman–Crippen MR) is 136 cm³/mol. The largest absolute Gasteiger partial charge is 0.479 e. The molecule has 3 rings (SSSR count). The van der Waals surface area contributed by atoms with Crippen molar-refractivity contribution in [2.24, 2.45) is 11.5 Å². The minimum Gasteiger partial charge on any atom is -0.479 e. The number of nitrogens with two attached hydrogens (primary N) is 2. The standard InChI is InChI=1S/C26H27ClN4O4/c1-2-11-26(29,25(34)35)21(4-3-12-28)17-7-10-22-19(13-17)23(32)20(15-30-22)24(33)31-14-16-5-8-18(27)9-6-16/h5-10,13,15,21H,3-4,12,14,28-29H2,1H3,(H,30,32)(H,31,33)(H,34,35). The van der Waals surface area contributed by atoms with Gasteiger partial charge < -0.3 is 26.9 Å². The lowest BCUT2D eigenvalue weighted by Crippen LogP contribution is -2.52. The summed E-state index contributed by atoms with van der Waals surface area (Å²) in [4.78, 5) is 41.0. The molecule has 1 aromatic heterocycles. The first-order chi connectivity index (χ1) is 16.7. The predicted octanol–water partition coefficient (Wildman–Crippen LogP) is 2.74. The Morgan fingerprint density at radius 2 is 1.94 bits per heavy atom. The Kier molecular flexibility index (Phi) is 8.30. The maximum absolute atomic E-state index is 13.2. The van der Waals surface area contributed by atoms with Crippen molar-refractivity contribution >= 4 is 34.4 Å². The molecule has 2 unspecified atom stereocenters. The van der Waals surface area contributed by atoms with Gasteiger partial charge in [0.2, 0.25) is 5.43 Å². The van der Waals surface area contributed by atoms with Crippen molar-refractivity contribution < 1.29 is 14.7 Å². The van der Waals surface area contributed by atoms with Crippen LogP contribution >= 0.6 is 11.6 Å². The van der Waals surface area contributed by atoms with Gasteiger partial charge in [-0.2, -0.15) is 0 Å². The number of nitrogens with one attached hydrogen (secondary N) is 2. The fourth-order valence-corrected chi connectivity index (χ4v) is 4.10. The molecule has 0 aliphatic heterocycles. The van der Waals surface area contributed by atoms with E-state index in [9.17, 15) is 19.5 Å². The number of aliphatic carboxylic acids is 1. The Balaban J connectivity index is 1.99. The van der Waals surface area contributed by atoms with Crippen LogP contribution in [0.3, 0.4) is 0 Å². The van der Waals surface area contributed by atoms with E-state index in [0.717, 1.165) is 5.56 Å². The van der Waals surface area contributed by atoms with Crippen molar-refractivity contribution in [1.82, 2.24) is 10.3 Å². The summed E-state index contributed by atoms with van der Waals surface area (Å²) in [5.41, 5.74) is 11.4. The highest BCUT2D eigenvalue weighted by Gasteiger charge is 2.41. The summed E-state index contributed by atoms with van der Waals surface area (Å²) in [6.45, 7) is 2.08. The number of aromatic nitrogens is 1. The zero-order valence-corrected chi connectivity index (χ0v) is 20.0. The number of carbonyl (C=O) groups is 2. The molecule has 0 saturated heterocycles. The number of pyridine rings is 1. The zero-order valence-electron chi connectivity index (χ0n) is 19.2. The van der Waals surface area contributed by atoms with Gasteiger partial charge in [0, 0.05) is 34.6 Å². The van der Waals surface area contributed by atoms with Crippen LogP contribution in [0.15, 0.2) is 53.5 Å². The molecule has 182 valence electrons. The van der Waals surface area contributed by atoms with E-state index in [0.29, 0.717) is 35.5 Å². The third kappa shape index (κ3) is 5.72. The Morgan fingerprint density at radius 3 is 2.57 bits per heavy atom. The Bertz CT molecular complexity index is 1360. The van der Waals surface area contributed by atoms with Crippen molar-refractivity contribution in [3.63, 3.8) is 0 Å². The summed E-state index contributed by atoms with van der Waals surface area (Å²) in [6, 6.07) is 11.9. The molecule has 0 bridgehead atoms. The normalized spacial score (nSPS) is 13.4. The summed E-state index contributed by atoms with van der Waals surface area (Å²) in [5, 5.41) is 13.4. The third-order valence-corrected chi connectivity index (χ3v) is 6.10. The average molecular weight is 495 g/mol. The molecule has 9 heteroatoms. The van der Waals surface area contributed by atoms with E-state index in [1.54, 1.807) is 42.5 Å². The molecule has 2 aromatic carbocycles. The molecular formula is C26H27ClN4O4. The number of amides is 1. The topological polar surface area (TPSA) is 151 Å². The molecule has 35 heavy (non-hydrogen) atoms. The van der Waals surface area contributed by atoms with E-state index < -0.39 is 28.8 Å². The van der Waals surface area contributed by atoms with Crippen LogP contribution in [0.25, 0.3) is 10.9 Å². The second kappa shape index (κ2) is 11.2. The minimum absolute atomic E-state index is 0.0623. The second-order valence-electron chi connectivity index (χ2n) is 8.18. The number of carboxylic acid groups (broad SMARTS) is 1. The van der Waals surface area contributed by atoms with Crippen LogP contribution in [0.2, 0.25) is 5.02 Å². The highest BCUT2D eigenvalue weighted by Crippen LogP contribution is 2.32. The lowest BCUT2D eigenvalue weighted by Gasteiger charge is -2.30. The van der Waals surface area contributed by atoms with E-state index in [1.807, 2.05) is 0 Å². The lowest BCUT2D eigenvalue weighted by atomic mass is 9.77. The number of carboxylic acids is 1. The molecular weight excluding hydrogens is 468 g/mol. The first-order valence-electron chi connectivity index (χ1n) is 11.1. The van der Waals surface area contributed by atoms with E-state index in [1.165, 1.54) is 13.1 Å². The second-order valence-corrected chi connectivity index (χ2v) is 8.61. The molecule has 8 nitrogen and oxygen atoms in total. The number of aromatic amines is 1. The fraction of sp³-hybridized carbons (Fsp3) is 0.269. The van der Waals surface area contributed by atoms with Crippen molar-refractivity contribution in [3.8, 4) is 11.8 Å². The minimum atomic E-state index is -1.86. The monoisotopic (exact) mass is 494 g/mol. The van der Waals surface area contributed by atoms with Crippen LogP contribution in [0, 0.1) is 11.8 Å². The Morgan fingerprint density at radius 1 is 1.23 bits per heavy atom. The lowest BCUT2D eigenvalue weighted by molar-refractivity contribution is -0.141. The van der Waals surface area contributed by atoms with Gasteiger partial charge in [-0.25, -0.2) is 4.79 Å². The summed E-state index contributed by atoms with van der Waals surface area (Å²) in [7, 11) is 0. The number of halogens is 1. The summed E-state index contributed by atoms with van der Waals surface area (Å²) in [6.07, 6.45) is 2.24. The smallest absolute Gasteiger partial charge is 0.336 e. The van der Waals surface area contributed by atoms with Crippen LogP contribution in [0.4, 0.5) is 0 Å². The number of fused-ring (bicyclic) bond motifs is 1. The van der Waals surface area contributed by atoms with E-state index in [2.05, 4.69) is 22.1 Å². The SMILES string of the molecule is CC#CC(N)(C(=O)O)C(CCCN)c1ccc2[nH]cc(C(=O)NCc3ccc(Cl)cc3)c(=O)c2c1. The average Bonchev–Trinajstić information content (AvgIpc) is 2.84. The molecule has 1 heterocycles. The zero-order chi connectivity index (χ0) is 25.6. The van der Waals surface area contributed by atoms with E-state index in [-0.39, 0.29) is 17.5 Å². The van der Waals surface area contributed by atoms with Gasteiger partial charge in [0.15, 0.2) is 5.54 Å². The molecule has 0 aliphatic rings. The maximum Gasteiger partial charge on any atom is 0.336 e. The fourth-order valence-electron chi connectivity index (χ4n) is 3.98. The number of hydrogen-bond donors (Lipinski definition) is 5. The molecule has 0 radical (unpaired) electrons. The van der Waals surface area contributed by atoms with Crippen LogP contribution in [0.1, 0.15) is 47.2 Å². The van der Waals surface area contributed by atoms with Crippen molar-refractivity contribution in [2.45, 2.75) is 37.8 Å². The highest BCUT2D eigenvalue weighted by atomic mass is 35.5. The number of hydrogen-bond acceptors (Lipinski definition) is 5. The van der Waals surface area contributed by atoms with Crippen LogP contribution in [-0.4, -0.2) is 34.1 Å². The highest BCUT2D eigenvalue weighted by molar-refractivity contribution is 6.30. The van der Waals surface area contributed by atoms with Crippen LogP contribution < -0.4 is 22.2 Å². The van der Waals surface area contributed by atoms with E-state index in [4.69, 9.17) is 23.1 Å². The van der Waals surface area contributed by atoms with Crippen molar-refractivity contribution in [3.05, 3.63) is 80.6 Å². The summed E-state index contributed by atoms with van der Waals surface area (Å²) < 4.78 is 0. The number of rotatable bonds is 9. The first kappa shape index (κ1) is 26.0. The molecule has 0 saturated carbocycles. The Hall–Kier alpha value is -3.64. The molecule has 3 aromatic rings. The Labute approximate surface area is 207 Å². The molecule has 0 spiro atoms. The van der Waals surface area contributed by atoms with E-state index >= 15 is 0 Å². The number of benzene rings is 2. The quantitative estimate of drug-likeness (QED) is 0.288. The molecule has 2 atom stereocenters. The van der Waals surface area contributed by atoms with Gasteiger partial charge in [0.1, 0.15) is 5.56 Å². The van der Waals surface area contributed by atoms with Gasteiger partial charge in [-0.15, -0.1) is 5.92 Å². The van der Waals surface area contributed by atoms with Crippen molar-refractivity contribution in [1.29, 1.82) is 0 Å². The van der Waals surface area contributed by atoms with Crippen molar-refractivity contribution in [2.75, 3.05) is 6.54 Å². The maximum atomic E-state index is 13.2. The summed E-state index contributed by atoms with van der Waals surface area (Å²) >= 11 is 5.89. The molecule has 7 N–H and O–H groups in total. The van der Waals surface area contributed by atoms with Gasteiger partial charge in [0.25, 0.3) is 5.91 Å². The van der Waals surface area contributed by atoms with Gasteiger partial charge in [-0.1, -0.05) is 35.7 Å². The van der Waals surface area contributed by atoms with Gasteiger partial charge in [-0.3, -0.25) is 9.59 Å². The van der Waals surface area contributed by atoms with Gasteiger partial charge in [0.05, 0.1) is 0 Å². The summed E-state index contributed by atoms with van der Waals surface area (Å²) in [5.74, 6) is 2.70. The molecule has 0 aliphatic carbocycles. The van der Waals surface area contributed by atoms with Crippen LogP contribution in [0.5, 0.6) is 0 Å². The molecule has 1 amide bonds. The third-order valence-electron chi connectivity index (χ3n) is 5.85. The number of H-pyrrole nitrogens is 1.